The molecule has 0 bridgehead atoms. The number of hydrogen-bond acceptors (Lipinski definition) is 4. The number of rotatable bonds is 0. The van der Waals surface area contributed by atoms with E-state index in [1.54, 1.807) is 12.1 Å². The van der Waals surface area contributed by atoms with E-state index in [1.807, 2.05) is 0 Å². The van der Waals surface area contributed by atoms with Crippen LogP contribution in [0.15, 0.2) is 21.8 Å². The first-order chi connectivity index (χ1) is 6.54. The maximum Gasteiger partial charge on any atom is 0.103 e. The molecule has 0 aromatic carbocycles. The molecule has 0 atom stereocenters. The average Bonchev–Trinajstić information content (AvgIpc) is 2.17. The molecule has 0 saturated carbocycles. The van der Waals surface area contributed by atoms with E-state index in [2.05, 4.69) is 0 Å². The molecule has 0 fully saturated rings. The van der Waals surface area contributed by atoms with Crippen LogP contribution in [0, 0.1) is 33.5 Å². The zero-order valence-electron chi connectivity index (χ0n) is 7.27. The van der Waals surface area contributed by atoms with Crippen LogP contribution in [0.1, 0.15) is 6.92 Å². The number of nitrogens with zero attached hydrogens (tertiary/aromatic N) is 2. The van der Waals surface area contributed by atoms with Crippen molar-refractivity contribution in [3.8, 4) is 12.1 Å². The Morgan fingerprint density at radius 1 is 1.07 bits per heavy atom. The lowest BCUT2D eigenvalue weighted by Gasteiger charge is -2.14. The number of nitriles is 2. The molecular formula is C9H5ClN4. The third-order valence-corrected chi connectivity index (χ3v) is 2.29. The predicted octanol–water partition coefficient (Wildman–Crippen LogP) is 1.90. The summed E-state index contributed by atoms with van der Waals surface area (Å²) in [5.41, 5.74) is 0.0647. The monoisotopic (exact) mass is 204 g/mol. The Bertz CT molecular complexity index is 436. The Kier molecular flexibility index (Phi) is 2.51. The summed E-state index contributed by atoms with van der Waals surface area (Å²) in [5, 5.41) is 32.3. The van der Waals surface area contributed by atoms with Crippen molar-refractivity contribution >= 4 is 23.0 Å². The molecular weight excluding hydrogens is 200 g/mol. The van der Waals surface area contributed by atoms with Crippen LogP contribution in [-0.4, -0.2) is 11.4 Å². The van der Waals surface area contributed by atoms with Gasteiger partial charge in [-0.25, -0.2) is 0 Å². The van der Waals surface area contributed by atoms with E-state index >= 15 is 0 Å². The van der Waals surface area contributed by atoms with Gasteiger partial charge in [-0.1, -0.05) is 11.6 Å². The van der Waals surface area contributed by atoms with Crippen LogP contribution >= 0.6 is 11.6 Å². The Labute approximate surface area is 85.7 Å². The van der Waals surface area contributed by atoms with Gasteiger partial charge in [0, 0.05) is 0 Å². The highest BCUT2D eigenvalue weighted by Gasteiger charge is 2.26. The molecule has 1 rings (SSSR count). The summed E-state index contributed by atoms with van der Waals surface area (Å²) in [6.45, 7) is 1.52. The molecule has 0 aliphatic heterocycles. The summed E-state index contributed by atoms with van der Waals surface area (Å²) in [6, 6.07) is 3.54. The van der Waals surface area contributed by atoms with Gasteiger partial charge in [0.25, 0.3) is 0 Å². The Morgan fingerprint density at radius 3 is 2.00 bits per heavy atom. The maximum absolute atomic E-state index is 8.72. The third-order valence-electron chi connectivity index (χ3n) is 1.91. The zero-order valence-corrected chi connectivity index (χ0v) is 8.03. The number of halogens is 1. The maximum atomic E-state index is 8.72. The first-order valence-corrected chi connectivity index (χ1v) is 4.01. The smallest absolute Gasteiger partial charge is 0.103 e. The van der Waals surface area contributed by atoms with E-state index in [4.69, 9.17) is 32.9 Å². The van der Waals surface area contributed by atoms with E-state index in [9.17, 15) is 0 Å². The molecule has 0 unspecified atom stereocenters. The van der Waals surface area contributed by atoms with Gasteiger partial charge in [-0.2, -0.15) is 10.5 Å². The lowest BCUT2D eigenvalue weighted by atomic mass is 9.90. The predicted molar refractivity (Wildman–Crippen MR) is 52.3 cm³/mol. The summed E-state index contributed by atoms with van der Waals surface area (Å²) in [5.74, 6) is 0. The second-order valence-electron chi connectivity index (χ2n) is 2.66. The fourth-order valence-electron chi connectivity index (χ4n) is 1.09. The van der Waals surface area contributed by atoms with Gasteiger partial charge in [-0.15, -0.1) is 0 Å². The highest BCUT2D eigenvalue weighted by atomic mass is 35.5. The van der Waals surface area contributed by atoms with Crippen molar-refractivity contribution in [2.75, 3.05) is 0 Å². The van der Waals surface area contributed by atoms with Crippen LogP contribution in [0.4, 0.5) is 0 Å². The Hall–Kier alpha value is -1.91. The van der Waals surface area contributed by atoms with Gasteiger partial charge in [0.05, 0.1) is 27.6 Å². The van der Waals surface area contributed by atoms with E-state index in [1.165, 1.54) is 6.92 Å². The lowest BCUT2D eigenvalue weighted by molar-refractivity contribution is 1.35. The summed E-state index contributed by atoms with van der Waals surface area (Å²) < 4.78 is 0. The van der Waals surface area contributed by atoms with Crippen LogP contribution in [-0.2, 0) is 0 Å². The molecule has 0 heterocycles. The average molecular weight is 205 g/mol. The van der Waals surface area contributed by atoms with Crippen LogP contribution < -0.4 is 0 Å². The first-order valence-electron chi connectivity index (χ1n) is 3.64. The first kappa shape index (κ1) is 10.2. The molecule has 0 spiro atoms. The zero-order chi connectivity index (χ0) is 10.9. The minimum absolute atomic E-state index is 0.0480. The molecule has 0 radical (unpaired) electrons. The minimum atomic E-state index is -0.181. The fourth-order valence-corrected chi connectivity index (χ4v) is 1.32. The van der Waals surface area contributed by atoms with Crippen molar-refractivity contribution in [1.82, 2.24) is 0 Å². The highest BCUT2D eigenvalue weighted by Crippen LogP contribution is 2.26. The molecule has 4 nitrogen and oxygen atoms in total. The van der Waals surface area contributed by atoms with Gasteiger partial charge in [0.2, 0.25) is 0 Å². The molecule has 2 N–H and O–H groups in total. The van der Waals surface area contributed by atoms with E-state index in [0.717, 1.165) is 0 Å². The van der Waals surface area contributed by atoms with Gasteiger partial charge in [0.1, 0.15) is 12.1 Å². The van der Waals surface area contributed by atoms with Crippen LogP contribution in [0.25, 0.3) is 0 Å². The molecule has 1 aliphatic rings. The molecule has 0 aromatic rings. The molecule has 1 aliphatic carbocycles. The van der Waals surface area contributed by atoms with Crippen molar-refractivity contribution in [3.63, 3.8) is 0 Å². The van der Waals surface area contributed by atoms with Gasteiger partial charge in [0.15, 0.2) is 0 Å². The number of allylic oxidation sites excluding steroid dienone is 4. The van der Waals surface area contributed by atoms with Crippen molar-refractivity contribution < 1.29 is 0 Å². The largest absolute Gasteiger partial charge is 0.299 e. The highest BCUT2D eigenvalue weighted by molar-refractivity contribution is 6.51. The summed E-state index contributed by atoms with van der Waals surface area (Å²) in [7, 11) is 0. The molecule has 0 saturated heterocycles. The molecule has 5 heteroatoms. The Balaban J connectivity index is 3.47. The van der Waals surface area contributed by atoms with Gasteiger partial charge in [-0.05, 0) is 12.5 Å². The third kappa shape index (κ3) is 1.22. The normalized spacial score (nSPS) is 16.9. The van der Waals surface area contributed by atoms with Gasteiger partial charge in [-0.3, -0.25) is 10.8 Å². The standard InChI is InChI=1S/C9H5ClN4/c1-4-5(2-11)9(14)7(10)6(3-12)8(4)13/h13-14H,1H3. The van der Waals surface area contributed by atoms with Crippen LogP contribution in [0.3, 0.4) is 0 Å². The SMILES string of the molecule is CC1=C(C#N)C(=N)C(Cl)=C(C#N)C1=N. The fraction of sp³-hybridized carbons (Fsp3) is 0.111. The summed E-state index contributed by atoms with van der Waals surface area (Å²) in [6.07, 6.45) is 0. The molecule has 0 aromatic heterocycles. The molecule has 14 heavy (non-hydrogen) atoms. The second kappa shape index (κ2) is 3.45. The van der Waals surface area contributed by atoms with E-state index in [0.29, 0.717) is 5.57 Å². The summed E-state index contributed by atoms with van der Waals surface area (Å²) >= 11 is 5.67. The van der Waals surface area contributed by atoms with Crippen molar-refractivity contribution in [1.29, 1.82) is 21.3 Å². The van der Waals surface area contributed by atoms with Crippen LogP contribution in [0.2, 0.25) is 0 Å². The van der Waals surface area contributed by atoms with Crippen molar-refractivity contribution in [2.45, 2.75) is 6.92 Å². The van der Waals surface area contributed by atoms with E-state index < -0.39 is 0 Å². The van der Waals surface area contributed by atoms with Crippen molar-refractivity contribution in [3.05, 3.63) is 21.8 Å². The quantitative estimate of drug-likeness (QED) is 0.590. The minimum Gasteiger partial charge on any atom is -0.299 e. The van der Waals surface area contributed by atoms with E-state index in [-0.39, 0.29) is 27.6 Å². The summed E-state index contributed by atoms with van der Waals surface area (Å²) in [4.78, 5) is 0. The Morgan fingerprint density at radius 2 is 1.57 bits per heavy atom. The molecule has 68 valence electrons. The van der Waals surface area contributed by atoms with Gasteiger partial charge < -0.3 is 0 Å². The van der Waals surface area contributed by atoms with Crippen molar-refractivity contribution in [2.24, 2.45) is 0 Å². The number of nitrogens with one attached hydrogen (secondary N) is 2. The van der Waals surface area contributed by atoms with Crippen LogP contribution in [0.5, 0.6) is 0 Å². The second-order valence-corrected chi connectivity index (χ2v) is 3.04. The lowest BCUT2D eigenvalue weighted by Crippen LogP contribution is -2.18. The van der Waals surface area contributed by atoms with Gasteiger partial charge >= 0.3 is 0 Å². The topological polar surface area (TPSA) is 95.3 Å². The number of hydrogen-bond donors (Lipinski definition) is 2. The molecule has 0 amide bonds.